The summed E-state index contributed by atoms with van der Waals surface area (Å²) in [6.45, 7) is 0.394. The van der Waals surface area contributed by atoms with Crippen molar-refractivity contribution in [3.63, 3.8) is 0 Å². The second-order valence-electron chi connectivity index (χ2n) is 3.32. The van der Waals surface area contributed by atoms with Crippen LogP contribution in [-0.4, -0.2) is 17.0 Å². The lowest BCUT2D eigenvalue weighted by molar-refractivity contribution is 0.0696. The van der Waals surface area contributed by atoms with Crippen molar-refractivity contribution in [2.75, 3.05) is 0 Å². The van der Waals surface area contributed by atoms with Gasteiger partial charge in [-0.25, -0.2) is 4.79 Å². The highest BCUT2D eigenvalue weighted by Gasteiger charge is 2.14. The van der Waals surface area contributed by atoms with Crippen LogP contribution >= 0.6 is 11.3 Å². The van der Waals surface area contributed by atoms with Gasteiger partial charge in [-0.2, -0.15) is 11.3 Å². The fraction of sp³-hybridized carbons (Fsp3) is 0.0909. The highest BCUT2D eigenvalue weighted by atomic mass is 32.1. The van der Waals surface area contributed by atoms with Crippen molar-refractivity contribution >= 4 is 23.2 Å². The molecule has 0 radical (unpaired) electrons. The Morgan fingerprint density at radius 3 is 2.88 bits per heavy atom. The number of amides is 1. The summed E-state index contributed by atoms with van der Waals surface area (Å²) in [5.41, 5.74) is 0.957. The number of carboxylic acid groups (broad SMARTS) is 1. The molecule has 2 heterocycles. The third-order valence-corrected chi connectivity index (χ3v) is 2.84. The van der Waals surface area contributed by atoms with Gasteiger partial charge in [0.15, 0.2) is 5.76 Å². The van der Waals surface area contributed by atoms with E-state index < -0.39 is 11.9 Å². The highest BCUT2D eigenvalue weighted by molar-refractivity contribution is 7.07. The average Bonchev–Trinajstić information content (AvgIpc) is 2.96. The van der Waals surface area contributed by atoms with Crippen LogP contribution in [0.15, 0.2) is 33.6 Å². The first-order chi connectivity index (χ1) is 8.16. The number of rotatable bonds is 4. The molecule has 0 fully saturated rings. The first kappa shape index (κ1) is 11.4. The van der Waals surface area contributed by atoms with Gasteiger partial charge in [0, 0.05) is 12.6 Å². The van der Waals surface area contributed by atoms with Crippen molar-refractivity contribution < 1.29 is 19.1 Å². The van der Waals surface area contributed by atoms with Gasteiger partial charge >= 0.3 is 5.97 Å². The van der Waals surface area contributed by atoms with E-state index in [-0.39, 0.29) is 11.3 Å². The smallest absolute Gasteiger partial charge is 0.338 e. The Balaban J connectivity index is 1.97. The van der Waals surface area contributed by atoms with E-state index in [2.05, 4.69) is 5.32 Å². The molecule has 0 atom stereocenters. The Morgan fingerprint density at radius 2 is 2.29 bits per heavy atom. The number of furan rings is 1. The lowest BCUT2D eigenvalue weighted by Gasteiger charge is -1.99. The maximum absolute atomic E-state index is 11.6. The van der Waals surface area contributed by atoms with Gasteiger partial charge in [0.1, 0.15) is 6.26 Å². The Hall–Kier alpha value is -2.08. The Morgan fingerprint density at radius 1 is 1.47 bits per heavy atom. The van der Waals surface area contributed by atoms with Gasteiger partial charge < -0.3 is 14.8 Å². The predicted octanol–water partition coefficient (Wildman–Crippen LogP) is 1.97. The molecule has 0 saturated carbocycles. The number of carboxylic acids is 1. The Labute approximate surface area is 101 Å². The number of aromatic carboxylic acids is 1. The Bertz CT molecular complexity index is 529. The van der Waals surface area contributed by atoms with Crippen molar-refractivity contribution in [1.82, 2.24) is 5.32 Å². The molecule has 5 nitrogen and oxygen atoms in total. The largest absolute Gasteiger partial charge is 0.478 e. The fourth-order valence-corrected chi connectivity index (χ4v) is 1.90. The average molecular weight is 251 g/mol. The molecule has 2 aromatic rings. The number of hydrogen-bond acceptors (Lipinski definition) is 4. The van der Waals surface area contributed by atoms with E-state index in [0.29, 0.717) is 6.54 Å². The molecule has 2 aromatic heterocycles. The summed E-state index contributed by atoms with van der Waals surface area (Å²) in [5.74, 6) is -1.55. The molecule has 0 unspecified atom stereocenters. The number of carbonyl (C=O) groups is 2. The van der Waals surface area contributed by atoms with Crippen LogP contribution in [0.25, 0.3) is 0 Å². The number of hydrogen-bond donors (Lipinski definition) is 2. The quantitative estimate of drug-likeness (QED) is 0.870. The summed E-state index contributed by atoms with van der Waals surface area (Å²) in [6, 6.07) is 3.10. The lowest BCUT2D eigenvalue weighted by atomic mass is 10.3. The van der Waals surface area contributed by atoms with E-state index in [4.69, 9.17) is 9.52 Å². The zero-order valence-electron chi connectivity index (χ0n) is 8.67. The third kappa shape index (κ3) is 2.73. The van der Waals surface area contributed by atoms with Gasteiger partial charge in [-0.3, -0.25) is 4.79 Å². The summed E-state index contributed by atoms with van der Waals surface area (Å²) in [6.07, 6.45) is 1.04. The number of thiophene rings is 1. The summed E-state index contributed by atoms with van der Waals surface area (Å²) < 4.78 is 4.87. The van der Waals surface area contributed by atoms with Crippen LogP contribution in [0.3, 0.4) is 0 Å². The SMILES string of the molecule is O=C(O)c1coc(C(=O)NCc2ccsc2)c1. The minimum Gasteiger partial charge on any atom is -0.478 e. The molecule has 0 bridgehead atoms. The van der Waals surface area contributed by atoms with Gasteiger partial charge in [-0.05, 0) is 22.4 Å². The van der Waals surface area contributed by atoms with Gasteiger partial charge in [0.2, 0.25) is 0 Å². The zero-order chi connectivity index (χ0) is 12.3. The predicted molar refractivity (Wildman–Crippen MR) is 61.2 cm³/mol. The van der Waals surface area contributed by atoms with Crippen molar-refractivity contribution in [2.45, 2.75) is 6.54 Å². The van der Waals surface area contributed by atoms with Crippen molar-refractivity contribution in [1.29, 1.82) is 0 Å². The minimum absolute atomic E-state index is 0.00219. The molecule has 0 saturated heterocycles. The second kappa shape index (κ2) is 4.84. The van der Waals surface area contributed by atoms with Crippen LogP contribution < -0.4 is 5.32 Å². The van der Waals surface area contributed by atoms with Crippen molar-refractivity contribution in [2.24, 2.45) is 0 Å². The molecule has 0 aromatic carbocycles. The maximum atomic E-state index is 11.6. The van der Waals surface area contributed by atoms with Gasteiger partial charge in [0.05, 0.1) is 5.56 Å². The molecule has 88 valence electrons. The minimum atomic E-state index is -1.12. The van der Waals surface area contributed by atoms with Crippen LogP contribution in [0.1, 0.15) is 26.5 Å². The molecule has 1 amide bonds. The lowest BCUT2D eigenvalue weighted by Crippen LogP contribution is -2.21. The van der Waals surface area contributed by atoms with E-state index in [0.717, 1.165) is 11.8 Å². The first-order valence-electron chi connectivity index (χ1n) is 4.78. The first-order valence-corrected chi connectivity index (χ1v) is 5.72. The molecule has 0 spiro atoms. The van der Waals surface area contributed by atoms with E-state index >= 15 is 0 Å². The highest BCUT2D eigenvalue weighted by Crippen LogP contribution is 2.09. The molecule has 2 rings (SSSR count). The van der Waals surface area contributed by atoms with Crippen LogP contribution in [0.4, 0.5) is 0 Å². The molecular formula is C11H9NO4S. The van der Waals surface area contributed by atoms with E-state index in [1.54, 1.807) is 11.3 Å². The molecule has 2 N–H and O–H groups in total. The van der Waals surface area contributed by atoms with Crippen molar-refractivity contribution in [3.05, 3.63) is 46.0 Å². The van der Waals surface area contributed by atoms with Crippen molar-refractivity contribution in [3.8, 4) is 0 Å². The van der Waals surface area contributed by atoms with E-state index in [1.807, 2.05) is 16.8 Å². The van der Waals surface area contributed by atoms with Crippen LogP contribution in [0.2, 0.25) is 0 Å². The topological polar surface area (TPSA) is 79.5 Å². The monoisotopic (exact) mass is 251 g/mol. The number of nitrogens with one attached hydrogen (secondary N) is 1. The normalized spacial score (nSPS) is 10.1. The van der Waals surface area contributed by atoms with E-state index in [9.17, 15) is 9.59 Å². The molecule has 17 heavy (non-hydrogen) atoms. The van der Waals surface area contributed by atoms with Crippen LogP contribution in [0, 0.1) is 0 Å². The van der Waals surface area contributed by atoms with E-state index in [1.165, 1.54) is 6.07 Å². The molecular weight excluding hydrogens is 242 g/mol. The summed E-state index contributed by atoms with van der Waals surface area (Å²) in [4.78, 5) is 22.2. The number of carbonyl (C=O) groups excluding carboxylic acids is 1. The standard InChI is InChI=1S/C11H9NO4S/c13-10(12-4-7-1-2-17-6-7)9-3-8(5-16-9)11(14)15/h1-3,5-6H,4H2,(H,12,13)(H,14,15). The van der Waals surface area contributed by atoms with Gasteiger partial charge in [0.25, 0.3) is 5.91 Å². The van der Waals surface area contributed by atoms with Gasteiger partial charge in [-0.15, -0.1) is 0 Å². The van der Waals surface area contributed by atoms with Crippen LogP contribution in [0.5, 0.6) is 0 Å². The molecule has 0 aliphatic carbocycles. The summed E-state index contributed by atoms with van der Waals surface area (Å²) >= 11 is 1.54. The summed E-state index contributed by atoms with van der Waals surface area (Å²) in [5, 5.41) is 15.1. The van der Waals surface area contributed by atoms with Crippen LogP contribution in [-0.2, 0) is 6.54 Å². The molecule has 0 aliphatic rings. The zero-order valence-corrected chi connectivity index (χ0v) is 9.49. The maximum Gasteiger partial charge on any atom is 0.338 e. The van der Waals surface area contributed by atoms with Gasteiger partial charge in [-0.1, -0.05) is 0 Å². The molecule has 0 aliphatic heterocycles. The second-order valence-corrected chi connectivity index (χ2v) is 4.10. The fourth-order valence-electron chi connectivity index (χ4n) is 1.23. The Kier molecular flexibility index (Phi) is 3.24. The molecule has 6 heteroatoms. The third-order valence-electron chi connectivity index (χ3n) is 2.10. The summed E-state index contributed by atoms with van der Waals surface area (Å²) in [7, 11) is 0.